The van der Waals surface area contributed by atoms with Crippen molar-refractivity contribution in [1.82, 2.24) is 0 Å². The number of hydrogen-bond donors (Lipinski definition) is 3. The summed E-state index contributed by atoms with van der Waals surface area (Å²) in [6, 6.07) is 0. The zero-order valence-electron chi connectivity index (χ0n) is 60.9. The molecule has 0 spiro atoms. The van der Waals surface area contributed by atoms with Gasteiger partial charge >= 0.3 is 39.5 Å². The third kappa shape index (κ3) is 67.0. The number of esters is 4. The predicted molar refractivity (Wildman–Crippen MR) is 377 cm³/mol. The van der Waals surface area contributed by atoms with Gasteiger partial charge in [-0.1, -0.05) is 319 Å². The molecule has 6 atom stereocenters. The number of carbonyl (C=O) groups is 4. The van der Waals surface area contributed by atoms with Crippen LogP contribution in [0.5, 0.6) is 0 Å². The van der Waals surface area contributed by atoms with E-state index in [1.807, 2.05) is 0 Å². The topological polar surface area (TPSA) is 237 Å². The highest BCUT2D eigenvalue weighted by atomic mass is 31.2. The zero-order chi connectivity index (χ0) is 68.9. The van der Waals surface area contributed by atoms with Crippen LogP contribution in [0, 0.1) is 23.7 Å². The van der Waals surface area contributed by atoms with Gasteiger partial charge in [-0.05, 0) is 49.4 Å². The molecule has 0 heterocycles. The quantitative estimate of drug-likeness (QED) is 0.0222. The van der Waals surface area contributed by atoms with Gasteiger partial charge in [-0.15, -0.1) is 0 Å². The van der Waals surface area contributed by atoms with E-state index < -0.39 is 97.5 Å². The van der Waals surface area contributed by atoms with Crippen molar-refractivity contribution in [3.8, 4) is 0 Å². The molecule has 3 N–H and O–H groups in total. The van der Waals surface area contributed by atoms with Crippen LogP contribution in [0.2, 0.25) is 0 Å². The summed E-state index contributed by atoms with van der Waals surface area (Å²) in [6.07, 6.45) is 47.3. The Labute approximate surface area is 568 Å². The monoisotopic (exact) mass is 1370 g/mol. The van der Waals surface area contributed by atoms with Gasteiger partial charge < -0.3 is 33.8 Å². The molecule has 0 aromatic heterocycles. The summed E-state index contributed by atoms with van der Waals surface area (Å²) in [5.41, 5.74) is 0. The van der Waals surface area contributed by atoms with Crippen molar-refractivity contribution in [3.63, 3.8) is 0 Å². The van der Waals surface area contributed by atoms with E-state index in [-0.39, 0.29) is 25.7 Å². The fourth-order valence-corrected chi connectivity index (χ4v) is 12.7. The Morgan fingerprint density at radius 3 is 0.763 bits per heavy atom. The van der Waals surface area contributed by atoms with E-state index in [9.17, 15) is 43.2 Å². The van der Waals surface area contributed by atoms with E-state index in [0.717, 1.165) is 114 Å². The summed E-state index contributed by atoms with van der Waals surface area (Å²) in [5.74, 6) is 0.884. The third-order valence-electron chi connectivity index (χ3n) is 17.4. The van der Waals surface area contributed by atoms with Crippen LogP contribution in [0.25, 0.3) is 0 Å². The van der Waals surface area contributed by atoms with Crippen molar-refractivity contribution in [2.24, 2.45) is 23.7 Å². The molecule has 19 heteroatoms. The molecule has 4 unspecified atom stereocenters. The van der Waals surface area contributed by atoms with Crippen molar-refractivity contribution in [3.05, 3.63) is 0 Å². The lowest BCUT2D eigenvalue weighted by molar-refractivity contribution is -0.161. The van der Waals surface area contributed by atoms with E-state index in [4.69, 9.17) is 37.0 Å². The Morgan fingerprint density at radius 2 is 0.516 bits per heavy atom. The molecule has 0 aromatic carbocycles. The van der Waals surface area contributed by atoms with Gasteiger partial charge in [0.25, 0.3) is 0 Å². The van der Waals surface area contributed by atoms with Crippen molar-refractivity contribution >= 4 is 39.5 Å². The summed E-state index contributed by atoms with van der Waals surface area (Å²) >= 11 is 0. The lowest BCUT2D eigenvalue weighted by Crippen LogP contribution is -2.30. The SMILES string of the molecule is CCC(C)CCCCCCCCC(=O)O[C@H](COC(=O)CCCCCCCCCC(C)C)COP(=O)(O)OCC(O)COP(=O)(O)OC[C@@H](COC(=O)CCCCCCCCCCCCCCCCC(C)C)OC(=O)CCCCCCCCCCCCCCCC(C)C. The molecule has 0 bridgehead atoms. The van der Waals surface area contributed by atoms with Crippen LogP contribution >= 0.6 is 15.6 Å². The molecule has 0 saturated carbocycles. The van der Waals surface area contributed by atoms with Crippen LogP contribution in [0.3, 0.4) is 0 Å². The smallest absolute Gasteiger partial charge is 0.462 e. The first kappa shape index (κ1) is 91.1. The van der Waals surface area contributed by atoms with Crippen LogP contribution in [0.15, 0.2) is 0 Å². The Balaban J connectivity index is 5.24. The highest BCUT2D eigenvalue weighted by Gasteiger charge is 2.30. The average molecular weight is 1370 g/mol. The van der Waals surface area contributed by atoms with Crippen LogP contribution in [0.1, 0.15) is 370 Å². The van der Waals surface area contributed by atoms with Gasteiger partial charge in [0.2, 0.25) is 0 Å². The summed E-state index contributed by atoms with van der Waals surface area (Å²) < 4.78 is 68.4. The number of rotatable bonds is 71. The van der Waals surface area contributed by atoms with Gasteiger partial charge in [-0.25, -0.2) is 9.13 Å². The highest BCUT2D eigenvalue weighted by Crippen LogP contribution is 2.45. The van der Waals surface area contributed by atoms with Gasteiger partial charge in [0, 0.05) is 25.7 Å². The predicted octanol–water partition coefficient (Wildman–Crippen LogP) is 21.3. The minimum Gasteiger partial charge on any atom is -0.462 e. The Hall–Kier alpha value is -1.94. The molecule has 0 aliphatic carbocycles. The first-order valence-electron chi connectivity index (χ1n) is 38.2. The molecule has 0 fully saturated rings. The Bertz CT molecular complexity index is 1840. The normalized spacial score (nSPS) is 14.5. The fraction of sp³-hybridized carbons (Fsp3) is 0.946. The van der Waals surface area contributed by atoms with Crippen molar-refractivity contribution in [2.75, 3.05) is 39.6 Å². The second kappa shape index (κ2) is 63.5. The number of ether oxygens (including phenoxy) is 4. The molecule has 17 nitrogen and oxygen atoms in total. The van der Waals surface area contributed by atoms with E-state index in [1.165, 1.54) is 167 Å². The molecule has 0 radical (unpaired) electrons. The minimum atomic E-state index is -4.96. The number of carbonyl (C=O) groups excluding carboxylic acids is 4. The number of unbranched alkanes of at least 4 members (excludes halogenated alkanes) is 36. The lowest BCUT2D eigenvalue weighted by atomic mass is 10.00. The minimum absolute atomic E-state index is 0.102. The molecular formula is C74H144O17P2. The lowest BCUT2D eigenvalue weighted by Gasteiger charge is -2.21. The summed E-state index contributed by atoms with van der Waals surface area (Å²) in [5, 5.41) is 10.6. The summed E-state index contributed by atoms with van der Waals surface area (Å²) in [7, 11) is -9.91. The number of aliphatic hydroxyl groups excluding tert-OH is 1. The molecule has 0 amide bonds. The fourth-order valence-electron chi connectivity index (χ4n) is 11.2. The zero-order valence-corrected chi connectivity index (χ0v) is 62.7. The van der Waals surface area contributed by atoms with Crippen molar-refractivity contribution < 1.29 is 80.2 Å². The van der Waals surface area contributed by atoms with Crippen molar-refractivity contribution in [1.29, 1.82) is 0 Å². The summed E-state index contributed by atoms with van der Waals surface area (Å²) in [6.45, 7) is 14.1. The second-order valence-corrected chi connectivity index (χ2v) is 31.3. The number of hydrogen-bond acceptors (Lipinski definition) is 15. The first-order chi connectivity index (χ1) is 44.6. The van der Waals surface area contributed by atoms with Gasteiger partial charge in [0.15, 0.2) is 12.2 Å². The van der Waals surface area contributed by atoms with Crippen LogP contribution in [-0.4, -0.2) is 96.7 Å². The van der Waals surface area contributed by atoms with E-state index >= 15 is 0 Å². The molecule has 93 heavy (non-hydrogen) atoms. The molecule has 0 aromatic rings. The maximum atomic E-state index is 13.1. The van der Waals surface area contributed by atoms with Crippen LogP contribution in [0.4, 0.5) is 0 Å². The maximum absolute atomic E-state index is 13.1. The van der Waals surface area contributed by atoms with Crippen molar-refractivity contribution in [2.45, 2.75) is 388 Å². The average Bonchev–Trinajstić information content (AvgIpc) is 1.75. The molecule has 0 saturated heterocycles. The number of phosphoric acid groups is 2. The molecular weight excluding hydrogens is 1220 g/mol. The Morgan fingerprint density at radius 1 is 0.301 bits per heavy atom. The first-order valence-corrected chi connectivity index (χ1v) is 41.2. The second-order valence-electron chi connectivity index (χ2n) is 28.4. The van der Waals surface area contributed by atoms with E-state index in [1.54, 1.807) is 0 Å². The molecule has 552 valence electrons. The molecule has 0 aliphatic rings. The van der Waals surface area contributed by atoms with Crippen LogP contribution in [-0.2, 0) is 65.4 Å². The van der Waals surface area contributed by atoms with Gasteiger partial charge in [-0.2, -0.15) is 0 Å². The third-order valence-corrected chi connectivity index (χ3v) is 19.3. The largest absolute Gasteiger partial charge is 0.472 e. The molecule has 0 aliphatic heterocycles. The number of aliphatic hydroxyl groups is 1. The van der Waals surface area contributed by atoms with Gasteiger partial charge in [0.05, 0.1) is 26.4 Å². The van der Waals surface area contributed by atoms with Gasteiger partial charge in [-0.3, -0.25) is 37.3 Å². The Kier molecular flexibility index (Phi) is 62.2. The number of phosphoric ester groups is 2. The standard InChI is InChI=1S/C74H144O17P2/c1-9-67(8)53-45-37-32-33-41-49-57-74(79)91-70(61-85-72(77)55-47-39-31-25-28-36-44-52-66(6)7)63-89-93(82,83)87-59-68(75)58-86-92(80,81)88-62-69(90-73(78)56-48-40-30-24-20-16-12-14-18-22-27-35-43-51-65(4)5)60-84-71(76)54-46-38-29-23-19-15-11-10-13-17-21-26-34-42-50-64(2)3/h64-70,75H,9-63H2,1-8H3,(H,80,81)(H,82,83)/t67?,68?,69-,70-/m1/s1. The van der Waals surface area contributed by atoms with E-state index in [2.05, 4.69) is 55.4 Å². The maximum Gasteiger partial charge on any atom is 0.472 e. The van der Waals surface area contributed by atoms with Crippen LogP contribution < -0.4 is 0 Å². The van der Waals surface area contributed by atoms with Gasteiger partial charge in [0.1, 0.15) is 19.3 Å². The highest BCUT2D eigenvalue weighted by molar-refractivity contribution is 7.47. The summed E-state index contributed by atoms with van der Waals surface area (Å²) in [4.78, 5) is 72.7. The molecule has 0 rings (SSSR count). The van der Waals surface area contributed by atoms with E-state index in [0.29, 0.717) is 31.6 Å².